The van der Waals surface area contributed by atoms with Crippen molar-refractivity contribution in [1.29, 1.82) is 0 Å². The molecule has 0 spiro atoms. The maximum absolute atomic E-state index is 6.11. The minimum Gasteiger partial charge on any atom is -0.370 e. The SMILES string of the molecule is CC1CCN(C(N)=NCC2CCCN(C)C2)CC1. The molecule has 0 bridgehead atoms. The zero-order valence-electron chi connectivity index (χ0n) is 11.9. The largest absolute Gasteiger partial charge is 0.370 e. The van der Waals surface area contributed by atoms with Crippen molar-refractivity contribution in [1.82, 2.24) is 9.80 Å². The highest BCUT2D eigenvalue weighted by atomic mass is 15.3. The minimum absolute atomic E-state index is 0.700. The number of nitrogens with two attached hydrogens (primary N) is 1. The van der Waals surface area contributed by atoms with Crippen LogP contribution in [0.1, 0.15) is 32.6 Å². The van der Waals surface area contributed by atoms with E-state index >= 15 is 0 Å². The van der Waals surface area contributed by atoms with Crippen molar-refractivity contribution in [3.05, 3.63) is 0 Å². The number of aliphatic imine (C=N–C) groups is 1. The van der Waals surface area contributed by atoms with Gasteiger partial charge in [0.15, 0.2) is 5.96 Å². The molecule has 2 aliphatic heterocycles. The van der Waals surface area contributed by atoms with E-state index in [-0.39, 0.29) is 0 Å². The van der Waals surface area contributed by atoms with Crippen molar-refractivity contribution in [3.8, 4) is 0 Å². The van der Waals surface area contributed by atoms with Crippen LogP contribution in [0, 0.1) is 11.8 Å². The molecule has 2 heterocycles. The summed E-state index contributed by atoms with van der Waals surface area (Å²) in [4.78, 5) is 9.29. The van der Waals surface area contributed by atoms with Crippen LogP contribution >= 0.6 is 0 Å². The lowest BCUT2D eigenvalue weighted by Crippen LogP contribution is -2.43. The first-order valence-corrected chi connectivity index (χ1v) is 7.38. The van der Waals surface area contributed by atoms with Gasteiger partial charge in [-0.2, -0.15) is 0 Å². The molecule has 104 valence electrons. The van der Waals surface area contributed by atoms with Crippen LogP contribution in [0.2, 0.25) is 0 Å². The molecule has 0 aromatic rings. The lowest BCUT2D eigenvalue weighted by atomic mass is 9.98. The zero-order chi connectivity index (χ0) is 13.0. The fourth-order valence-corrected chi connectivity index (χ4v) is 2.98. The molecule has 0 amide bonds. The lowest BCUT2D eigenvalue weighted by molar-refractivity contribution is 0.213. The van der Waals surface area contributed by atoms with Crippen LogP contribution in [-0.2, 0) is 0 Å². The molecule has 2 rings (SSSR count). The Balaban J connectivity index is 1.77. The van der Waals surface area contributed by atoms with Crippen molar-refractivity contribution < 1.29 is 0 Å². The summed E-state index contributed by atoms with van der Waals surface area (Å²) in [5.74, 6) is 2.32. The Kier molecular flexibility index (Phi) is 4.87. The third kappa shape index (κ3) is 3.87. The highest BCUT2D eigenvalue weighted by Gasteiger charge is 2.19. The van der Waals surface area contributed by atoms with Gasteiger partial charge in [0.05, 0.1) is 0 Å². The van der Waals surface area contributed by atoms with E-state index < -0.39 is 0 Å². The van der Waals surface area contributed by atoms with Gasteiger partial charge in [0, 0.05) is 26.2 Å². The van der Waals surface area contributed by atoms with Crippen LogP contribution in [-0.4, -0.2) is 55.5 Å². The Morgan fingerprint density at radius 2 is 1.94 bits per heavy atom. The van der Waals surface area contributed by atoms with Crippen molar-refractivity contribution in [2.24, 2.45) is 22.6 Å². The molecule has 18 heavy (non-hydrogen) atoms. The van der Waals surface area contributed by atoms with Crippen molar-refractivity contribution in [3.63, 3.8) is 0 Å². The molecule has 0 aromatic carbocycles. The van der Waals surface area contributed by atoms with E-state index in [4.69, 9.17) is 5.73 Å². The molecule has 0 aromatic heterocycles. The topological polar surface area (TPSA) is 44.9 Å². The van der Waals surface area contributed by atoms with Crippen LogP contribution in [0.25, 0.3) is 0 Å². The fourth-order valence-electron chi connectivity index (χ4n) is 2.98. The molecule has 2 aliphatic rings. The van der Waals surface area contributed by atoms with Crippen LogP contribution < -0.4 is 5.73 Å². The van der Waals surface area contributed by atoms with E-state index in [0.717, 1.165) is 31.5 Å². The van der Waals surface area contributed by atoms with E-state index in [1.54, 1.807) is 0 Å². The molecule has 2 saturated heterocycles. The fraction of sp³-hybridized carbons (Fsp3) is 0.929. The van der Waals surface area contributed by atoms with Crippen LogP contribution in [0.5, 0.6) is 0 Å². The molecule has 1 atom stereocenters. The number of likely N-dealkylation sites (tertiary alicyclic amines) is 2. The molecule has 2 N–H and O–H groups in total. The van der Waals surface area contributed by atoms with Gasteiger partial charge in [-0.15, -0.1) is 0 Å². The standard InChI is InChI=1S/C14H28N4/c1-12-5-8-18(9-6-12)14(15)16-10-13-4-3-7-17(2)11-13/h12-13H,3-11H2,1-2H3,(H2,15,16). The molecule has 4 nitrogen and oxygen atoms in total. The molecule has 0 saturated carbocycles. The highest BCUT2D eigenvalue weighted by Crippen LogP contribution is 2.17. The smallest absolute Gasteiger partial charge is 0.191 e. The van der Waals surface area contributed by atoms with Crippen molar-refractivity contribution >= 4 is 5.96 Å². The zero-order valence-corrected chi connectivity index (χ0v) is 11.9. The second kappa shape index (κ2) is 6.41. The number of guanidine groups is 1. The van der Waals surface area contributed by atoms with E-state index in [1.165, 1.54) is 38.8 Å². The van der Waals surface area contributed by atoms with Crippen LogP contribution in [0.3, 0.4) is 0 Å². The quantitative estimate of drug-likeness (QED) is 0.596. The predicted molar refractivity (Wildman–Crippen MR) is 76.7 cm³/mol. The Labute approximate surface area is 111 Å². The summed E-state index contributed by atoms with van der Waals surface area (Å²) in [5, 5.41) is 0. The number of hydrogen-bond donors (Lipinski definition) is 1. The molecular formula is C14H28N4. The van der Waals surface area contributed by atoms with Gasteiger partial charge in [0.25, 0.3) is 0 Å². The maximum atomic E-state index is 6.11. The number of hydrogen-bond acceptors (Lipinski definition) is 2. The van der Waals surface area contributed by atoms with Gasteiger partial charge in [-0.3, -0.25) is 4.99 Å². The second-order valence-electron chi connectivity index (χ2n) is 6.14. The molecule has 4 heteroatoms. The summed E-state index contributed by atoms with van der Waals surface area (Å²) in [6.45, 7) is 7.81. The third-order valence-corrected chi connectivity index (χ3v) is 4.34. The summed E-state index contributed by atoms with van der Waals surface area (Å²) < 4.78 is 0. The molecule has 0 radical (unpaired) electrons. The normalized spacial score (nSPS) is 28.7. The first-order valence-electron chi connectivity index (χ1n) is 7.38. The van der Waals surface area contributed by atoms with Gasteiger partial charge in [-0.25, -0.2) is 0 Å². The average molecular weight is 252 g/mol. The third-order valence-electron chi connectivity index (χ3n) is 4.34. The summed E-state index contributed by atoms with van der Waals surface area (Å²) >= 11 is 0. The lowest BCUT2D eigenvalue weighted by Gasteiger charge is -2.32. The Hall–Kier alpha value is -0.770. The predicted octanol–water partition coefficient (Wildman–Crippen LogP) is 1.37. The highest BCUT2D eigenvalue weighted by molar-refractivity contribution is 5.78. The Morgan fingerprint density at radius 3 is 2.61 bits per heavy atom. The van der Waals surface area contributed by atoms with Crippen LogP contribution in [0.15, 0.2) is 4.99 Å². The van der Waals surface area contributed by atoms with Gasteiger partial charge in [0.1, 0.15) is 0 Å². The van der Waals surface area contributed by atoms with Crippen molar-refractivity contribution in [2.75, 3.05) is 39.8 Å². The summed E-state index contributed by atoms with van der Waals surface area (Å²) in [6, 6.07) is 0. The Bertz CT molecular complexity index is 282. The Morgan fingerprint density at radius 1 is 1.22 bits per heavy atom. The monoisotopic (exact) mass is 252 g/mol. The van der Waals surface area contributed by atoms with Gasteiger partial charge in [0.2, 0.25) is 0 Å². The van der Waals surface area contributed by atoms with E-state index in [0.29, 0.717) is 5.92 Å². The van der Waals surface area contributed by atoms with E-state index in [2.05, 4.69) is 28.8 Å². The number of nitrogens with zero attached hydrogens (tertiary/aromatic N) is 3. The van der Waals surface area contributed by atoms with Gasteiger partial charge in [-0.1, -0.05) is 6.92 Å². The average Bonchev–Trinajstić information content (AvgIpc) is 2.37. The van der Waals surface area contributed by atoms with E-state index in [9.17, 15) is 0 Å². The number of rotatable bonds is 2. The first-order chi connectivity index (χ1) is 8.65. The van der Waals surface area contributed by atoms with Gasteiger partial charge < -0.3 is 15.5 Å². The van der Waals surface area contributed by atoms with E-state index in [1.807, 2.05) is 0 Å². The summed E-state index contributed by atoms with van der Waals surface area (Å²) in [7, 11) is 2.20. The first kappa shape index (κ1) is 13.7. The number of piperidine rings is 2. The molecule has 1 unspecified atom stereocenters. The van der Waals surface area contributed by atoms with Gasteiger partial charge in [-0.05, 0) is 51.1 Å². The molecule has 0 aliphatic carbocycles. The maximum Gasteiger partial charge on any atom is 0.191 e. The summed E-state index contributed by atoms with van der Waals surface area (Å²) in [6.07, 6.45) is 5.11. The van der Waals surface area contributed by atoms with Crippen molar-refractivity contribution in [2.45, 2.75) is 32.6 Å². The molecular weight excluding hydrogens is 224 g/mol. The summed E-state index contributed by atoms with van der Waals surface area (Å²) in [5.41, 5.74) is 6.11. The minimum atomic E-state index is 0.700. The second-order valence-corrected chi connectivity index (χ2v) is 6.14. The van der Waals surface area contributed by atoms with Crippen LogP contribution in [0.4, 0.5) is 0 Å². The van der Waals surface area contributed by atoms with Gasteiger partial charge >= 0.3 is 0 Å². The molecule has 2 fully saturated rings.